The Labute approximate surface area is 156 Å². The van der Waals surface area contributed by atoms with Gasteiger partial charge in [-0.1, -0.05) is 23.7 Å². The number of nitrogens with one attached hydrogen (secondary N) is 1. The average molecular weight is 373 g/mol. The molecule has 2 amide bonds. The number of imide groups is 1. The third-order valence-corrected chi connectivity index (χ3v) is 4.34. The number of rotatable bonds is 5. The highest BCUT2D eigenvalue weighted by Crippen LogP contribution is 2.34. The Kier molecular flexibility index (Phi) is 4.86. The van der Waals surface area contributed by atoms with Gasteiger partial charge in [0.15, 0.2) is 0 Å². The summed E-state index contributed by atoms with van der Waals surface area (Å²) in [6, 6.07) is 11.9. The molecule has 7 heteroatoms. The van der Waals surface area contributed by atoms with Crippen molar-refractivity contribution in [2.75, 3.05) is 26.6 Å². The molecule has 3 rings (SSSR count). The molecular formula is C19H17ClN2O4. The van der Waals surface area contributed by atoms with E-state index in [0.29, 0.717) is 27.8 Å². The van der Waals surface area contributed by atoms with E-state index in [1.807, 2.05) is 0 Å². The number of nitrogens with zero attached hydrogens (tertiary/aromatic N) is 1. The Hall–Kier alpha value is -2.99. The highest BCUT2D eigenvalue weighted by molar-refractivity contribution is 6.36. The van der Waals surface area contributed by atoms with Crippen molar-refractivity contribution in [3.05, 3.63) is 58.7 Å². The van der Waals surface area contributed by atoms with Gasteiger partial charge in [-0.3, -0.25) is 14.5 Å². The minimum Gasteiger partial charge on any atom is -0.497 e. The molecule has 0 aliphatic carbocycles. The minimum absolute atomic E-state index is 0.173. The predicted molar refractivity (Wildman–Crippen MR) is 99.3 cm³/mol. The average Bonchev–Trinajstić information content (AvgIpc) is 2.86. The number of amides is 2. The highest BCUT2D eigenvalue weighted by atomic mass is 35.5. The van der Waals surface area contributed by atoms with Crippen molar-refractivity contribution in [2.45, 2.75) is 0 Å². The number of ether oxygens (including phenoxy) is 2. The zero-order chi connectivity index (χ0) is 18.8. The van der Waals surface area contributed by atoms with Crippen molar-refractivity contribution in [1.82, 2.24) is 4.90 Å². The van der Waals surface area contributed by atoms with E-state index in [2.05, 4.69) is 5.32 Å². The number of carbonyl (C=O) groups excluding carboxylic acids is 2. The molecule has 134 valence electrons. The Morgan fingerprint density at radius 3 is 2.27 bits per heavy atom. The van der Waals surface area contributed by atoms with Crippen molar-refractivity contribution in [2.24, 2.45) is 0 Å². The fourth-order valence-electron chi connectivity index (χ4n) is 2.69. The zero-order valence-electron chi connectivity index (χ0n) is 14.5. The van der Waals surface area contributed by atoms with Gasteiger partial charge in [-0.05, 0) is 29.8 Å². The van der Waals surface area contributed by atoms with Gasteiger partial charge in [0.05, 0.1) is 25.5 Å². The molecule has 0 bridgehead atoms. The van der Waals surface area contributed by atoms with Crippen LogP contribution in [-0.2, 0) is 9.59 Å². The lowest BCUT2D eigenvalue weighted by atomic mass is 10.0. The van der Waals surface area contributed by atoms with Gasteiger partial charge in [0, 0.05) is 18.1 Å². The molecule has 0 unspecified atom stereocenters. The van der Waals surface area contributed by atoms with Gasteiger partial charge in [-0.25, -0.2) is 0 Å². The summed E-state index contributed by atoms with van der Waals surface area (Å²) in [5.74, 6) is 0.294. The number of hydrogen-bond acceptors (Lipinski definition) is 5. The first-order chi connectivity index (χ1) is 12.5. The van der Waals surface area contributed by atoms with E-state index < -0.39 is 5.91 Å². The Morgan fingerprint density at radius 1 is 0.962 bits per heavy atom. The summed E-state index contributed by atoms with van der Waals surface area (Å²) in [5, 5.41) is 3.58. The maximum atomic E-state index is 12.6. The molecule has 1 aliphatic heterocycles. The Balaban J connectivity index is 2.11. The smallest absolute Gasteiger partial charge is 0.277 e. The fraction of sp³-hybridized carbons (Fsp3) is 0.158. The van der Waals surface area contributed by atoms with E-state index in [-0.39, 0.29) is 17.2 Å². The largest absolute Gasteiger partial charge is 0.497 e. The van der Waals surface area contributed by atoms with Gasteiger partial charge in [0.25, 0.3) is 11.8 Å². The number of halogens is 1. The van der Waals surface area contributed by atoms with Crippen LogP contribution in [0.1, 0.15) is 5.56 Å². The van der Waals surface area contributed by atoms with Crippen molar-refractivity contribution in [1.29, 1.82) is 0 Å². The van der Waals surface area contributed by atoms with Crippen molar-refractivity contribution < 1.29 is 19.1 Å². The first kappa shape index (κ1) is 17.8. The number of carbonyl (C=O) groups is 2. The lowest BCUT2D eigenvalue weighted by Gasteiger charge is -2.14. The number of hydrogen-bond donors (Lipinski definition) is 1. The van der Waals surface area contributed by atoms with Crippen LogP contribution < -0.4 is 14.8 Å². The number of benzene rings is 2. The van der Waals surface area contributed by atoms with Crippen LogP contribution in [0.3, 0.4) is 0 Å². The van der Waals surface area contributed by atoms with Crippen LogP contribution in [0, 0.1) is 0 Å². The fourth-order valence-corrected chi connectivity index (χ4v) is 2.81. The third kappa shape index (κ3) is 3.11. The second-order valence-corrected chi connectivity index (χ2v) is 6.05. The molecule has 0 radical (unpaired) electrons. The van der Waals surface area contributed by atoms with E-state index in [1.165, 1.54) is 14.2 Å². The molecule has 0 saturated carbocycles. The molecule has 0 fully saturated rings. The van der Waals surface area contributed by atoms with Gasteiger partial charge in [-0.15, -0.1) is 0 Å². The molecule has 1 heterocycles. The van der Waals surface area contributed by atoms with Gasteiger partial charge in [0.2, 0.25) is 0 Å². The topological polar surface area (TPSA) is 67.9 Å². The maximum Gasteiger partial charge on any atom is 0.277 e. The highest BCUT2D eigenvalue weighted by Gasteiger charge is 2.37. The van der Waals surface area contributed by atoms with Crippen molar-refractivity contribution >= 4 is 34.7 Å². The van der Waals surface area contributed by atoms with E-state index >= 15 is 0 Å². The van der Waals surface area contributed by atoms with Crippen molar-refractivity contribution in [3.8, 4) is 11.5 Å². The Bertz CT molecular complexity index is 906. The number of likely N-dealkylation sites (N-methyl/N-ethyl adjacent to an activating group) is 1. The SMILES string of the molecule is COc1ccc(OC)c(NC2=C(c3ccc(Cl)cc3)C(=O)N(C)C2=O)c1. The number of methoxy groups -OCH3 is 2. The molecule has 0 aromatic heterocycles. The normalized spacial score (nSPS) is 14.1. The predicted octanol–water partition coefficient (Wildman–Crippen LogP) is 3.18. The van der Waals surface area contributed by atoms with E-state index in [9.17, 15) is 9.59 Å². The summed E-state index contributed by atoms with van der Waals surface area (Å²) >= 11 is 5.93. The summed E-state index contributed by atoms with van der Waals surface area (Å²) in [4.78, 5) is 26.3. The summed E-state index contributed by atoms with van der Waals surface area (Å²) in [6.45, 7) is 0. The molecular weight excluding hydrogens is 356 g/mol. The van der Waals surface area contributed by atoms with Crippen LogP contribution in [0.15, 0.2) is 48.2 Å². The molecule has 0 spiro atoms. The monoisotopic (exact) mass is 372 g/mol. The van der Waals surface area contributed by atoms with Crippen LogP contribution in [0.5, 0.6) is 11.5 Å². The van der Waals surface area contributed by atoms with Gasteiger partial charge < -0.3 is 14.8 Å². The molecule has 1 aliphatic rings. The van der Waals surface area contributed by atoms with Crippen LogP contribution in [0.4, 0.5) is 5.69 Å². The Morgan fingerprint density at radius 2 is 1.65 bits per heavy atom. The summed E-state index contributed by atoms with van der Waals surface area (Å²) in [7, 11) is 4.51. The van der Waals surface area contributed by atoms with Crippen LogP contribution in [-0.4, -0.2) is 38.0 Å². The first-order valence-corrected chi connectivity index (χ1v) is 8.15. The molecule has 26 heavy (non-hydrogen) atoms. The van der Waals surface area contributed by atoms with Gasteiger partial charge >= 0.3 is 0 Å². The van der Waals surface area contributed by atoms with Gasteiger partial charge in [-0.2, -0.15) is 0 Å². The van der Waals surface area contributed by atoms with Gasteiger partial charge in [0.1, 0.15) is 17.2 Å². The van der Waals surface area contributed by atoms with Crippen molar-refractivity contribution in [3.63, 3.8) is 0 Å². The molecule has 0 atom stereocenters. The molecule has 2 aromatic carbocycles. The lowest BCUT2D eigenvalue weighted by Crippen LogP contribution is -2.27. The van der Waals surface area contributed by atoms with E-state index in [0.717, 1.165) is 4.90 Å². The molecule has 1 N–H and O–H groups in total. The lowest BCUT2D eigenvalue weighted by molar-refractivity contribution is -0.135. The minimum atomic E-state index is -0.426. The summed E-state index contributed by atoms with van der Waals surface area (Å²) < 4.78 is 10.6. The van der Waals surface area contributed by atoms with E-state index in [1.54, 1.807) is 49.6 Å². The molecule has 6 nitrogen and oxygen atoms in total. The zero-order valence-corrected chi connectivity index (χ0v) is 15.3. The maximum absolute atomic E-state index is 12.6. The molecule has 2 aromatic rings. The molecule has 0 saturated heterocycles. The third-order valence-electron chi connectivity index (χ3n) is 4.09. The summed E-state index contributed by atoms with van der Waals surface area (Å²) in [6.07, 6.45) is 0. The van der Waals surface area contributed by atoms with Crippen LogP contribution >= 0.6 is 11.6 Å². The second kappa shape index (κ2) is 7.09. The quantitative estimate of drug-likeness (QED) is 0.816. The summed E-state index contributed by atoms with van der Waals surface area (Å²) in [5.41, 5.74) is 1.57. The van der Waals surface area contributed by atoms with E-state index in [4.69, 9.17) is 21.1 Å². The second-order valence-electron chi connectivity index (χ2n) is 5.62. The number of anilines is 1. The standard InChI is InChI=1S/C19H17ClN2O4/c1-22-18(23)16(11-4-6-12(20)7-5-11)17(19(22)24)21-14-10-13(25-2)8-9-15(14)26-3/h4-10,21H,1-3H3. The first-order valence-electron chi connectivity index (χ1n) is 7.78. The van der Waals surface area contributed by atoms with Crippen LogP contribution in [0.25, 0.3) is 5.57 Å². The van der Waals surface area contributed by atoms with Crippen LogP contribution in [0.2, 0.25) is 5.02 Å².